The number of thioether (sulfide) groups is 1. The Bertz CT molecular complexity index is 1180. The predicted molar refractivity (Wildman–Crippen MR) is 131 cm³/mol. The number of carbonyl (C=O) groups excluding carboxylic acids is 1. The number of rotatable bonds is 8. The zero-order chi connectivity index (χ0) is 22.3. The van der Waals surface area contributed by atoms with E-state index in [1.165, 1.54) is 11.8 Å². The van der Waals surface area contributed by atoms with E-state index in [4.69, 9.17) is 11.6 Å². The molecule has 6 nitrogen and oxygen atoms in total. The molecular weight excluding hydrogens is 442 g/mol. The highest BCUT2D eigenvalue weighted by Crippen LogP contribution is 2.27. The quantitative estimate of drug-likeness (QED) is 0.330. The van der Waals surface area contributed by atoms with Gasteiger partial charge >= 0.3 is 0 Å². The molecule has 2 N–H and O–H groups in total. The number of aromatic nitrogens is 3. The molecule has 1 amide bonds. The summed E-state index contributed by atoms with van der Waals surface area (Å²) >= 11 is 7.63. The number of hydrogen-bond donors (Lipinski definition) is 2. The molecule has 0 fully saturated rings. The first-order chi connectivity index (χ1) is 15.6. The Labute approximate surface area is 196 Å². The summed E-state index contributed by atoms with van der Waals surface area (Å²) in [5.41, 5.74) is 2.51. The summed E-state index contributed by atoms with van der Waals surface area (Å²) in [7, 11) is 0. The van der Waals surface area contributed by atoms with Crippen LogP contribution in [0, 0.1) is 0 Å². The summed E-state index contributed by atoms with van der Waals surface area (Å²) in [6.45, 7) is 2.28. The van der Waals surface area contributed by atoms with Crippen molar-refractivity contribution in [3.05, 3.63) is 95.8 Å². The molecule has 162 valence electrons. The van der Waals surface area contributed by atoms with Crippen molar-refractivity contribution < 1.29 is 4.79 Å². The van der Waals surface area contributed by atoms with Gasteiger partial charge in [0, 0.05) is 11.4 Å². The third kappa shape index (κ3) is 5.30. The maximum atomic E-state index is 12.7. The van der Waals surface area contributed by atoms with E-state index >= 15 is 0 Å². The number of anilines is 2. The summed E-state index contributed by atoms with van der Waals surface area (Å²) < 4.78 is 1.96. The highest BCUT2D eigenvalue weighted by molar-refractivity contribution is 8.00. The van der Waals surface area contributed by atoms with Crippen LogP contribution in [0.5, 0.6) is 0 Å². The first kappa shape index (κ1) is 21.9. The molecule has 1 aromatic heterocycles. The Morgan fingerprint density at radius 1 is 0.969 bits per heavy atom. The lowest BCUT2D eigenvalue weighted by Crippen LogP contribution is -2.23. The number of hydrogen-bond acceptors (Lipinski definition) is 5. The van der Waals surface area contributed by atoms with Crippen molar-refractivity contribution >= 4 is 40.6 Å². The SMILES string of the molecule is CC(Sc1nnc(CNc2ccccc2Cl)n1-c1ccccc1)C(=O)Nc1ccccc1. The first-order valence-electron chi connectivity index (χ1n) is 10.1. The van der Waals surface area contributed by atoms with Crippen molar-refractivity contribution in [3.63, 3.8) is 0 Å². The van der Waals surface area contributed by atoms with Gasteiger partial charge in [0.1, 0.15) is 0 Å². The topological polar surface area (TPSA) is 71.8 Å². The molecule has 4 rings (SSSR count). The van der Waals surface area contributed by atoms with Crippen LogP contribution in [-0.4, -0.2) is 25.9 Å². The Hall–Kier alpha value is -3.29. The fourth-order valence-electron chi connectivity index (χ4n) is 3.08. The number of nitrogens with zero attached hydrogens (tertiary/aromatic N) is 3. The lowest BCUT2D eigenvalue weighted by atomic mass is 10.3. The number of nitrogens with one attached hydrogen (secondary N) is 2. The molecule has 3 aromatic carbocycles. The standard InChI is InChI=1S/C24H22ClN5OS/c1-17(23(31)27-18-10-4-2-5-11-18)32-24-29-28-22(30(24)19-12-6-3-7-13-19)16-26-21-15-9-8-14-20(21)25/h2-15,17,26H,16H2,1H3,(H,27,31). The van der Waals surface area contributed by atoms with Crippen molar-refractivity contribution in [1.29, 1.82) is 0 Å². The molecule has 1 heterocycles. The minimum Gasteiger partial charge on any atom is -0.377 e. The summed E-state index contributed by atoms with van der Waals surface area (Å²) in [4.78, 5) is 12.7. The number of para-hydroxylation sites is 3. The zero-order valence-corrected chi connectivity index (χ0v) is 19.0. The van der Waals surface area contributed by atoms with Crippen LogP contribution < -0.4 is 10.6 Å². The van der Waals surface area contributed by atoms with E-state index < -0.39 is 0 Å². The van der Waals surface area contributed by atoms with E-state index in [-0.39, 0.29) is 11.2 Å². The van der Waals surface area contributed by atoms with Crippen molar-refractivity contribution in [3.8, 4) is 5.69 Å². The molecule has 0 saturated carbocycles. The highest BCUT2D eigenvalue weighted by Gasteiger charge is 2.21. The average molecular weight is 464 g/mol. The van der Waals surface area contributed by atoms with Gasteiger partial charge in [-0.15, -0.1) is 10.2 Å². The molecule has 4 aromatic rings. The lowest BCUT2D eigenvalue weighted by molar-refractivity contribution is -0.115. The molecule has 0 spiro atoms. The Balaban J connectivity index is 1.55. The molecule has 0 saturated heterocycles. The molecule has 8 heteroatoms. The molecular formula is C24H22ClN5OS. The van der Waals surface area contributed by atoms with Gasteiger partial charge in [0.05, 0.1) is 22.5 Å². The van der Waals surface area contributed by atoms with Crippen LogP contribution in [0.2, 0.25) is 5.02 Å². The first-order valence-corrected chi connectivity index (χ1v) is 11.4. The largest absolute Gasteiger partial charge is 0.377 e. The number of halogens is 1. The molecule has 1 unspecified atom stereocenters. The van der Waals surface area contributed by atoms with Crippen molar-refractivity contribution in [2.75, 3.05) is 10.6 Å². The van der Waals surface area contributed by atoms with E-state index in [0.29, 0.717) is 22.5 Å². The van der Waals surface area contributed by atoms with Crippen molar-refractivity contribution in [2.45, 2.75) is 23.9 Å². The Morgan fingerprint density at radius 3 is 2.34 bits per heavy atom. The van der Waals surface area contributed by atoms with Gasteiger partial charge in [-0.2, -0.15) is 0 Å². The lowest BCUT2D eigenvalue weighted by Gasteiger charge is -2.14. The summed E-state index contributed by atoms with van der Waals surface area (Å²) in [5, 5.41) is 15.9. The molecule has 0 aliphatic rings. The van der Waals surface area contributed by atoms with Gasteiger partial charge in [-0.25, -0.2) is 0 Å². The van der Waals surface area contributed by atoms with Gasteiger partial charge in [-0.3, -0.25) is 9.36 Å². The molecule has 0 bridgehead atoms. The zero-order valence-electron chi connectivity index (χ0n) is 17.4. The predicted octanol–water partition coefficient (Wildman–Crippen LogP) is 5.65. The van der Waals surface area contributed by atoms with Crippen LogP contribution in [0.15, 0.2) is 90.1 Å². The molecule has 0 aliphatic heterocycles. The van der Waals surface area contributed by atoms with Crippen LogP contribution in [0.3, 0.4) is 0 Å². The third-order valence-electron chi connectivity index (χ3n) is 4.72. The number of amides is 1. The third-order valence-corrected chi connectivity index (χ3v) is 6.09. The maximum Gasteiger partial charge on any atom is 0.237 e. The number of carbonyl (C=O) groups is 1. The molecule has 1 atom stereocenters. The van der Waals surface area contributed by atoms with Gasteiger partial charge < -0.3 is 10.6 Å². The van der Waals surface area contributed by atoms with Gasteiger partial charge in [0.15, 0.2) is 11.0 Å². The van der Waals surface area contributed by atoms with Crippen LogP contribution >= 0.6 is 23.4 Å². The van der Waals surface area contributed by atoms with E-state index in [0.717, 1.165) is 17.1 Å². The van der Waals surface area contributed by atoms with E-state index in [2.05, 4.69) is 20.8 Å². The summed E-state index contributed by atoms with van der Waals surface area (Å²) in [5.74, 6) is 0.619. The van der Waals surface area contributed by atoms with Crippen LogP contribution in [0.1, 0.15) is 12.7 Å². The van der Waals surface area contributed by atoms with E-state index in [1.54, 1.807) is 0 Å². The fourth-order valence-corrected chi connectivity index (χ4v) is 4.17. The smallest absolute Gasteiger partial charge is 0.237 e. The second kappa shape index (κ2) is 10.3. The van der Waals surface area contributed by atoms with E-state index in [1.807, 2.05) is 96.4 Å². The molecule has 0 radical (unpaired) electrons. The van der Waals surface area contributed by atoms with Gasteiger partial charge in [-0.1, -0.05) is 71.9 Å². The molecule has 32 heavy (non-hydrogen) atoms. The fraction of sp³-hybridized carbons (Fsp3) is 0.125. The van der Waals surface area contributed by atoms with Gasteiger partial charge in [-0.05, 0) is 43.3 Å². The van der Waals surface area contributed by atoms with E-state index in [9.17, 15) is 4.79 Å². The highest BCUT2D eigenvalue weighted by atomic mass is 35.5. The minimum atomic E-state index is -0.369. The summed E-state index contributed by atoms with van der Waals surface area (Å²) in [6.07, 6.45) is 0. The Kier molecular flexibility index (Phi) is 7.09. The van der Waals surface area contributed by atoms with Crippen LogP contribution in [0.4, 0.5) is 11.4 Å². The van der Waals surface area contributed by atoms with Gasteiger partial charge in [0.25, 0.3) is 0 Å². The van der Waals surface area contributed by atoms with Crippen molar-refractivity contribution in [2.24, 2.45) is 0 Å². The second-order valence-electron chi connectivity index (χ2n) is 7.02. The summed E-state index contributed by atoms with van der Waals surface area (Å²) in [6, 6.07) is 26.8. The monoisotopic (exact) mass is 463 g/mol. The molecule has 0 aliphatic carbocycles. The second-order valence-corrected chi connectivity index (χ2v) is 8.73. The maximum absolute atomic E-state index is 12.7. The van der Waals surface area contributed by atoms with Crippen LogP contribution in [-0.2, 0) is 11.3 Å². The minimum absolute atomic E-state index is 0.0976. The normalized spacial score (nSPS) is 11.7. The number of benzene rings is 3. The van der Waals surface area contributed by atoms with Crippen molar-refractivity contribution in [1.82, 2.24) is 14.8 Å². The Morgan fingerprint density at radius 2 is 1.62 bits per heavy atom. The average Bonchev–Trinajstić information content (AvgIpc) is 3.22. The van der Waals surface area contributed by atoms with Crippen LogP contribution in [0.25, 0.3) is 5.69 Å². The van der Waals surface area contributed by atoms with Gasteiger partial charge in [0.2, 0.25) is 5.91 Å².